The highest BCUT2D eigenvalue weighted by atomic mass is 32.2. The van der Waals surface area contributed by atoms with Crippen LogP contribution >= 0.6 is 11.8 Å². The Labute approximate surface area is 144 Å². The quantitative estimate of drug-likeness (QED) is 0.871. The van der Waals surface area contributed by atoms with E-state index in [2.05, 4.69) is 48.6 Å². The van der Waals surface area contributed by atoms with Crippen LogP contribution < -0.4 is 15.2 Å². The number of hydrogen-bond donors (Lipinski definition) is 1. The number of rotatable bonds is 1. The average Bonchev–Trinajstić information content (AvgIpc) is 3.06. The number of aliphatic hydroxyl groups is 1. The molecule has 0 fully saturated rings. The van der Waals surface area contributed by atoms with E-state index in [1.807, 2.05) is 6.08 Å². The van der Waals surface area contributed by atoms with Crippen LogP contribution in [0.25, 0.3) is 23.3 Å². The Balaban J connectivity index is 1.88. The third-order valence-corrected chi connectivity index (χ3v) is 6.02. The van der Waals surface area contributed by atoms with Crippen LogP contribution in [0, 0.1) is 0 Å². The standard InChI is InChI=1S/C21H16O2S/c22-11-15-10-19-14(12-24-15)6-7-17-16-4-1-5-18(16)21-13(9-20(17)19)3-2-8-23-21/h1-10,19,22H,11-12H2. The lowest BCUT2D eigenvalue weighted by Crippen LogP contribution is -2.21. The number of aliphatic hydroxyl groups excluding tert-OH is 1. The highest BCUT2D eigenvalue weighted by Crippen LogP contribution is 2.39. The van der Waals surface area contributed by atoms with E-state index in [9.17, 15) is 5.11 Å². The van der Waals surface area contributed by atoms with Crippen molar-refractivity contribution in [3.05, 3.63) is 75.2 Å². The molecule has 1 atom stereocenters. The van der Waals surface area contributed by atoms with Crippen molar-refractivity contribution in [2.45, 2.75) is 5.92 Å². The maximum Gasteiger partial charge on any atom is 0.141 e. The van der Waals surface area contributed by atoms with E-state index in [-0.39, 0.29) is 12.5 Å². The van der Waals surface area contributed by atoms with Gasteiger partial charge in [-0.15, -0.1) is 11.8 Å². The summed E-state index contributed by atoms with van der Waals surface area (Å²) in [5.74, 6) is 2.11. The van der Waals surface area contributed by atoms with Gasteiger partial charge in [-0.05, 0) is 40.1 Å². The summed E-state index contributed by atoms with van der Waals surface area (Å²) < 4.78 is 5.85. The minimum atomic E-state index is 0.119. The SMILES string of the molecule is OCC1=CC2C(=CC=c3c4cccc-4c4c(cc32)=CC=CO4)CS1. The van der Waals surface area contributed by atoms with Gasteiger partial charge in [-0.3, -0.25) is 0 Å². The number of hydrogen-bond acceptors (Lipinski definition) is 3. The summed E-state index contributed by atoms with van der Waals surface area (Å²) in [7, 11) is 0. The van der Waals surface area contributed by atoms with Crippen molar-refractivity contribution in [2.75, 3.05) is 12.4 Å². The first-order valence-electron chi connectivity index (χ1n) is 8.09. The lowest BCUT2D eigenvalue weighted by molar-refractivity contribution is 0.339. The van der Waals surface area contributed by atoms with E-state index in [4.69, 9.17) is 4.74 Å². The minimum Gasteiger partial charge on any atom is -0.464 e. The zero-order chi connectivity index (χ0) is 16.1. The van der Waals surface area contributed by atoms with Crippen LogP contribution in [0.15, 0.2) is 59.2 Å². The molecule has 0 amide bonds. The van der Waals surface area contributed by atoms with E-state index in [0.717, 1.165) is 27.2 Å². The molecule has 0 saturated heterocycles. The van der Waals surface area contributed by atoms with Gasteiger partial charge in [-0.1, -0.05) is 36.4 Å². The number of fused-ring (bicyclic) bond motifs is 7. The Hall–Kier alpha value is -2.23. The van der Waals surface area contributed by atoms with Crippen molar-refractivity contribution in [3.63, 3.8) is 0 Å². The molecule has 2 nitrogen and oxygen atoms in total. The fourth-order valence-electron chi connectivity index (χ4n) is 3.76. The molecule has 0 saturated carbocycles. The van der Waals surface area contributed by atoms with Crippen LogP contribution in [0.3, 0.4) is 0 Å². The van der Waals surface area contributed by atoms with E-state index in [1.54, 1.807) is 18.0 Å². The first-order valence-corrected chi connectivity index (χ1v) is 9.08. The average molecular weight is 332 g/mol. The molecule has 3 aliphatic carbocycles. The second kappa shape index (κ2) is 5.40. The van der Waals surface area contributed by atoms with Crippen molar-refractivity contribution < 1.29 is 9.84 Å². The van der Waals surface area contributed by atoms with Gasteiger partial charge in [0.15, 0.2) is 0 Å². The Kier molecular flexibility index (Phi) is 3.18. The molecule has 1 N–H and O–H groups in total. The molecule has 3 heteroatoms. The highest BCUT2D eigenvalue weighted by molar-refractivity contribution is 8.03. The van der Waals surface area contributed by atoms with Crippen LogP contribution in [-0.4, -0.2) is 17.5 Å². The molecule has 0 radical (unpaired) electrons. The summed E-state index contributed by atoms with van der Waals surface area (Å²) in [6, 6.07) is 8.63. The summed E-state index contributed by atoms with van der Waals surface area (Å²) in [5.41, 5.74) is 5.07. The lowest BCUT2D eigenvalue weighted by atomic mass is 9.86. The molecular formula is C21H16O2S. The van der Waals surface area contributed by atoms with Crippen molar-refractivity contribution >= 4 is 23.9 Å². The monoisotopic (exact) mass is 332 g/mol. The van der Waals surface area contributed by atoms with Crippen LogP contribution in [0.1, 0.15) is 11.5 Å². The van der Waals surface area contributed by atoms with Gasteiger partial charge in [-0.2, -0.15) is 0 Å². The van der Waals surface area contributed by atoms with Crippen molar-refractivity contribution in [2.24, 2.45) is 0 Å². The lowest BCUT2D eigenvalue weighted by Gasteiger charge is -2.26. The van der Waals surface area contributed by atoms with E-state index in [1.165, 1.54) is 21.9 Å². The summed E-state index contributed by atoms with van der Waals surface area (Å²) in [5, 5.41) is 11.9. The zero-order valence-electron chi connectivity index (χ0n) is 13.0. The van der Waals surface area contributed by atoms with Gasteiger partial charge >= 0.3 is 0 Å². The van der Waals surface area contributed by atoms with E-state index >= 15 is 0 Å². The molecule has 2 aliphatic heterocycles. The molecule has 0 aromatic rings. The van der Waals surface area contributed by atoms with Crippen molar-refractivity contribution in [1.82, 2.24) is 0 Å². The number of thioether (sulfide) groups is 1. The summed E-state index contributed by atoms with van der Waals surface area (Å²) >= 11 is 1.73. The molecule has 0 spiro atoms. The molecule has 0 bridgehead atoms. The molecular weight excluding hydrogens is 316 g/mol. The van der Waals surface area contributed by atoms with Crippen LogP contribution in [0.2, 0.25) is 0 Å². The second-order valence-electron chi connectivity index (χ2n) is 6.23. The highest BCUT2D eigenvalue weighted by Gasteiger charge is 2.25. The fourth-order valence-corrected chi connectivity index (χ4v) is 4.71. The second-order valence-corrected chi connectivity index (χ2v) is 7.33. The summed E-state index contributed by atoms with van der Waals surface area (Å²) in [4.78, 5) is 1.06. The van der Waals surface area contributed by atoms with Gasteiger partial charge in [0.2, 0.25) is 0 Å². The largest absolute Gasteiger partial charge is 0.464 e. The van der Waals surface area contributed by atoms with Gasteiger partial charge in [0, 0.05) is 27.4 Å². The van der Waals surface area contributed by atoms with Crippen molar-refractivity contribution in [1.29, 1.82) is 0 Å². The molecule has 24 heavy (non-hydrogen) atoms. The van der Waals surface area contributed by atoms with Gasteiger partial charge < -0.3 is 9.84 Å². The first-order chi connectivity index (χ1) is 11.8. The minimum absolute atomic E-state index is 0.119. The molecule has 118 valence electrons. The molecule has 5 aliphatic rings. The molecule has 5 rings (SSSR count). The predicted octanol–water partition coefficient (Wildman–Crippen LogP) is 2.91. The molecule has 0 aromatic heterocycles. The third kappa shape index (κ3) is 2.02. The van der Waals surface area contributed by atoms with Crippen molar-refractivity contribution in [3.8, 4) is 16.9 Å². The maximum atomic E-state index is 9.56. The third-order valence-electron chi connectivity index (χ3n) is 4.91. The Morgan fingerprint density at radius 3 is 3.00 bits per heavy atom. The Bertz CT molecular complexity index is 1030. The number of allylic oxidation sites excluding steroid dienone is 3. The van der Waals surface area contributed by atoms with Crippen LogP contribution in [0.4, 0.5) is 0 Å². The van der Waals surface area contributed by atoms with Gasteiger partial charge in [0.25, 0.3) is 0 Å². The Morgan fingerprint density at radius 2 is 2.08 bits per heavy atom. The van der Waals surface area contributed by atoms with Gasteiger partial charge in [0.1, 0.15) is 5.75 Å². The molecule has 2 heterocycles. The van der Waals surface area contributed by atoms with Crippen LogP contribution in [-0.2, 0) is 0 Å². The van der Waals surface area contributed by atoms with Gasteiger partial charge in [0.05, 0.1) is 12.9 Å². The summed E-state index contributed by atoms with van der Waals surface area (Å²) in [6.45, 7) is 0.119. The first kappa shape index (κ1) is 14.1. The maximum absolute atomic E-state index is 9.56. The van der Waals surface area contributed by atoms with Gasteiger partial charge in [-0.25, -0.2) is 0 Å². The number of ether oxygens (including phenoxy) is 1. The molecule has 1 unspecified atom stereocenters. The van der Waals surface area contributed by atoms with Crippen LogP contribution in [0.5, 0.6) is 5.75 Å². The van der Waals surface area contributed by atoms with E-state index < -0.39 is 0 Å². The Morgan fingerprint density at radius 1 is 1.17 bits per heavy atom. The topological polar surface area (TPSA) is 29.5 Å². The predicted molar refractivity (Wildman–Crippen MR) is 99.5 cm³/mol. The van der Waals surface area contributed by atoms with E-state index in [0.29, 0.717) is 0 Å². The summed E-state index contributed by atoms with van der Waals surface area (Å²) in [6.07, 6.45) is 12.5. The fraction of sp³-hybridized carbons (Fsp3) is 0.143. The normalized spacial score (nSPS) is 20.6. The smallest absolute Gasteiger partial charge is 0.141 e. The zero-order valence-corrected chi connectivity index (χ0v) is 13.8. The molecule has 0 aromatic carbocycles.